The van der Waals surface area contributed by atoms with Crippen LogP contribution >= 0.6 is 0 Å². The highest BCUT2D eigenvalue weighted by molar-refractivity contribution is 5.78. The third-order valence-corrected chi connectivity index (χ3v) is 4.50. The third-order valence-electron chi connectivity index (χ3n) is 4.50. The maximum Gasteiger partial charge on any atom is 0.231 e. The monoisotopic (exact) mass is 397 g/mol. The summed E-state index contributed by atoms with van der Waals surface area (Å²) in [5, 5.41) is 0. The minimum atomic E-state index is 0.563. The zero-order valence-electron chi connectivity index (χ0n) is 17.9. The molecular formula is C23H31N3O3. The minimum absolute atomic E-state index is 0.563. The number of rotatable bonds is 11. The molecule has 0 fully saturated rings. The lowest BCUT2D eigenvalue weighted by atomic mass is 10.2. The van der Waals surface area contributed by atoms with Gasteiger partial charge in [-0.3, -0.25) is 0 Å². The molecule has 1 aromatic heterocycles. The lowest BCUT2D eigenvalue weighted by Crippen LogP contribution is -2.15. The van der Waals surface area contributed by atoms with Crippen LogP contribution in [0.15, 0.2) is 46.9 Å². The van der Waals surface area contributed by atoms with Crippen molar-refractivity contribution in [1.82, 2.24) is 14.8 Å². The Hall–Kier alpha value is -2.57. The van der Waals surface area contributed by atoms with E-state index in [4.69, 9.17) is 13.9 Å². The van der Waals surface area contributed by atoms with Crippen LogP contribution in [0.25, 0.3) is 22.6 Å². The predicted octanol–water partition coefficient (Wildman–Crippen LogP) is 4.16. The largest absolute Gasteiger partial charge is 0.493 e. The van der Waals surface area contributed by atoms with E-state index in [0.717, 1.165) is 48.5 Å². The number of ether oxygens (including phenoxy) is 2. The lowest BCUT2D eigenvalue weighted by Gasteiger charge is -2.12. The molecule has 0 spiro atoms. The second kappa shape index (κ2) is 10.3. The van der Waals surface area contributed by atoms with E-state index in [-0.39, 0.29) is 0 Å². The van der Waals surface area contributed by atoms with Gasteiger partial charge >= 0.3 is 0 Å². The first kappa shape index (κ1) is 21.1. The molecule has 156 valence electrons. The summed E-state index contributed by atoms with van der Waals surface area (Å²) in [6.07, 6.45) is 1.94. The molecule has 0 radical (unpaired) electrons. The Morgan fingerprint density at radius 2 is 1.55 bits per heavy atom. The number of para-hydroxylation sites is 1. The second-order valence-electron chi connectivity index (χ2n) is 7.66. The van der Waals surface area contributed by atoms with Gasteiger partial charge in [0, 0.05) is 19.2 Å². The molecule has 6 nitrogen and oxygen atoms in total. The maximum absolute atomic E-state index is 6.04. The number of aromatic nitrogens is 1. The van der Waals surface area contributed by atoms with Crippen molar-refractivity contribution in [1.29, 1.82) is 0 Å². The van der Waals surface area contributed by atoms with E-state index >= 15 is 0 Å². The van der Waals surface area contributed by atoms with Crippen LogP contribution in [-0.4, -0.2) is 69.3 Å². The summed E-state index contributed by atoms with van der Waals surface area (Å²) in [6.45, 7) is 3.32. The van der Waals surface area contributed by atoms with Crippen molar-refractivity contribution in [3.63, 3.8) is 0 Å². The quantitative estimate of drug-likeness (QED) is 0.453. The Kier molecular flexibility index (Phi) is 7.49. The van der Waals surface area contributed by atoms with Crippen molar-refractivity contribution in [2.45, 2.75) is 12.8 Å². The molecule has 0 N–H and O–H groups in total. The van der Waals surface area contributed by atoms with Crippen LogP contribution in [-0.2, 0) is 0 Å². The highest BCUT2D eigenvalue weighted by Crippen LogP contribution is 2.32. The van der Waals surface area contributed by atoms with E-state index in [0.29, 0.717) is 24.7 Å². The van der Waals surface area contributed by atoms with E-state index in [1.165, 1.54) is 0 Å². The highest BCUT2D eigenvalue weighted by atomic mass is 16.5. The Balaban J connectivity index is 1.70. The van der Waals surface area contributed by atoms with Crippen molar-refractivity contribution < 1.29 is 13.9 Å². The molecule has 0 amide bonds. The zero-order chi connectivity index (χ0) is 20.6. The molecular weight excluding hydrogens is 366 g/mol. The van der Waals surface area contributed by atoms with Gasteiger partial charge in [-0.25, -0.2) is 4.98 Å². The molecule has 2 aromatic carbocycles. The number of hydrogen-bond donors (Lipinski definition) is 0. The van der Waals surface area contributed by atoms with Crippen molar-refractivity contribution in [2.75, 3.05) is 54.5 Å². The first-order chi connectivity index (χ1) is 14.0. The first-order valence-corrected chi connectivity index (χ1v) is 10.1. The van der Waals surface area contributed by atoms with Crippen LogP contribution in [0, 0.1) is 0 Å². The van der Waals surface area contributed by atoms with Gasteiger partial charge in [0.1, 0.15) is 17.0 Å². The summed E-state index contributed by atoms with van der Waals surface area (Å²) in [7, 11) is 8.25. The summed E-state index contributed by atoms with van der Waals surface area (Å²) in [4.78, 5) is 8.94. The fourth-order valence-electron chi connectivity index (χ4n) is 3.01. The van der Waals surface area contributed by atoms with Gasteiger partial charge < -0.3 is 23.7 Å². The number of oxazole rings is 1. The first-order valence-electron chi connectivity index (χ1n) is 10.1. The summed E-state index contributed by atoms with van der Waals surface area (Å²) in [5.41, 5.74) is 2.39. The molecule has 0 atom stereocenters. The van der Waals surface area contributed by atoms with Crippen LogP contribution in [0.1, 0.15) is 12.8 Å². The maximum atomic E-state index is 6.04. The van der Waals surface area contributed by atoms with Gasteiger partial charge in [0.05, 0.1) is 18.8 Å². The van der Waals surface area contributed by atoms with E-state index in [1.54, 1.807) is 0 Å². The Bertz CT molecular complexity index is 905. The molecule has 6 heteroatoms. The zero-order valence-corrected chi connectivity index (χ0v) is 17.9. The van der Waals surface area contributed by atoms with E-state index in [1.807, 2.05) is 42.5 Å². The van der Waals surface area contributed by atoms with Crippen LogP contribution in [0.4, 0.5) is 0 Å². The normalized spacial score (nSPS) is 11.5. The smallest absolute Gasteiger partial charge is 0.231 e. The van der Waals surface area contributed by atoms with Gasteiger partial charge in [-0.2, -0.15) is 0 Å². The van der Waals surface area contributed by atoms with E-state index in [2.05, 4.69) is 43.0 Å². The van der Waals surface area contributed by atoms with Gasteiger partial charge in [-0.1, -0.05) is 12.1 Å². The van der Waals surface area contributed by atoms with E-state index < -0.39 is 0 Å². The molecule has 0 unspecified atom stereocenters. The second-order valence-corrected chi connectivity index (χ2v) is 7.66. The summed E-state index contributed by atoms with van der Waals surface area (Å²) in [5.74, 6) is 2.15. The number of hydrogen-bond acceptors (Lipinski definition) is 6. The predicted molar refractivity (Wildman–Crippen MR) is 117 cm³/mol. The number of nitrogens with zero attached hydrogens (tertiary/aromatic N) is 3. The summed E-state index contributed by atoms with van der Waals surface area (Å²) >= 11 is 0. The molecule has 3 rings (SSSR count). The molecule has 3 aromatic rings. The standard InChI is InChI=1S/C23H31N3O3/c1-25(2)13-7-15-27-18-11-12-20-22(17-18)29-23(24-20)19-9-5-6-10-21(19)28-16-8-14-26(3)4/h5-6,9-12,17H,7-8,13-16H2,1-4H3. The summed E-state index contributed by atoms with van der Waals surface area (Å²) < 4.78 is 17.9. The Morgan fingerprint density at radius 3 is 2.28 bits per heavy atom. The Labute approximate surface area is 173 Å². The SMILES string of the molecule is CN(C)CCCOc1ccc2nc(-c3ccccc3OCCCN(C)C)oc2c1. The molecule has 0 aliphatic heterocycles. The average molecular weight is 398 g/mol. The van der Waals surface area contributed by atoms with Gasteiger partial charge in [-0.15, -0.1) is 0 Å². The van der Waals surface area contributed by atoms with Crippen molar-refractivity contribution in [3.05, 3.63) is 42.5 Å². The molecule has 0 aliphatic carbocycles. The van der Waals surface area contributed by atoms with Crippen LogP contribution in [0.2, 0.25) is 0 Å². The number of benzene rings is 2. The van der Waals surface area contributed by atoms with Gasteiger partial charge in [0.2, 0.25) is 5.89 Å². The third kappa shape index (κ3) is 6.21. The molecule has 29 heavy (non-hydrogen) atoms. The van der Waals surface area contributed by atoms with Crippen molar-refractivity contribution in [2.24, 2.45) is 0 Å². The van der Waals surface area contributed by atoms with Gasteiger partial charge in [0.15, 0.2) is 5.58 Å². The van der Waals surface area contributed by atoms with Crippen LogP contribution in [0.3, 0.4) is 0 Å². The topological polar surface area (TPSA) is 51.0 Å². The minimum Gasteiger partial charge on any atom is -0.493 e. The highest BCUT2D eigenvalue weighted by Gasteiger charge is 2.14. The molecule has 0 saturated heterocycles. The molecule has 0 bridgehead atoms. The Morgan fingerprint density at radius 1 is 0.862 bits per heavy atom. The number of fused-ring (bicyclic) bond motifs is 1. The fourth-order valence-corrected chi connectivity index (χ4v) is 3.01. The van der Waals surface area contributed by atoms with E-state index in [9.17, 15) is 0 Å². The average Bonchev–Trinajstić information content (AvgIpc) is 3.12. The van der Waals surface area contributed by atoms with Crippen molar-refractivity contribution >= 4 is 11.1 Å². The fraction of sp³-hybridized carbons (Fsp3) is 0.435. The lowest BCUT2D eigenvalue weighted by molar-refractivity contribution is 0.281. The van der Waals surface area contributed by atoms with Crippen LogP contribution < -0.4 is 9.47 Å². The summed E-state index contributed by atoms with van der Waals surface area (Å²) in [6, 6.07) is 13.6. The molecule has 0 saturated carbocycles. The van der Waals surface area contributed by atoms with Crippen LogP contribution in [0.5, 0.6) is 11.5 Å². The van der Waals surface area contributed by atoms with Crippen molar-refractivity contribution in [3.8, 4) is 23.0 Å². The molecule has 1 heterocycles. The van der Waals surface area contributed by atoms with Gasteiger partial charge in [0.25, 0.3) is 0 Å². The molecule has 0 aliphatic rings. The van der Waals surface area contributed by atoms with Gasteiger partial charge in [-0.05, 0) is 65.3 Å².